The minimum atomic E-state index is 0.401. The van der Waals surface area contributed by atoms with E-state index in [0.29, 0.717) is 17.8 Å². The summed E-state index contributed by atoms with van der Waals surface area (Å²) < 4.78 is 2.07. The van der Waals surface area contributed by atoms with E-state index in [2.05, 4.69) is 57.5 Å². The Balaban J connectivity index is 2.01. The van der Waals surface area contributed by atoms with Gasteiger partial charge in [-0.05, 0) is 43.5 Å². The molecular formula is C18H19N5S. The van der Waals surface area contributed by atoms with E-state index < -0.39 is 0 Å². The molecule has 2 heterocycles. The van der Waals surface area contributed by atoms with E-state index >= 15 is 0 Å². The molecule has 0 saturated heterocycles. The predicted octanol–water partition coefficient (Wildman–Crippen LogP) is 3.59. The van der Waals surface area contributed by atoms with Crippen molar-refractivity contribution < 1.29 is 0 Å². The number of fused-ring (bicyclic) bond motifs is 1. The van der Waals surface area contributed by atoms with E-state index in [1.54, 1.807) is 11.8 Å². The van der Waals surface area contributed by atoms with Crippen LogP contribution in [0.1, 0.15) is 24.0 Å². The molecule has 2 N–H and O–H groups in total. The van der Waals surface area contributed by atoms with Gasteiger partial charge >= 0.3 is 0 Å². The third-order valence-corrected chi connectivity index (χ3v) is 4.90. The maximum atomic E-state index is 5.96. The number of aryl methyl sites for hydroxylation is 3. The molecule has 0 bridgehead atoms. The summed E-state index contributed by atoms with van der Waals surface area (Å²) >= 11 is 1.61. The zero-order chi connectivity index (χ0) is 17.1. The lowest BCUT2D eigenvalue weighted by Gasteiger charge is -2.08. The Morgan fingerprint density at radius 2 is 2.08 bits per heavy atom. The lowest BCUT2D eigenvalue weighted by molar-refractivity contribution is 0.615. The molecule has 1 aromatic carbocycles. The van der Waals surface area contributed by atoms with Crippen molar-refractivity contribution in [2.24, 2.45) is 0 Å². The monoisotopic (exact) mass is 337 g/mol. The second-order valence-electron chi connectivity index (χ2n) is 5.63. The van der Waals surface area contributed by atoms with Crippen LogP contribution in [0.2, 0.25) is 0 Å². The standard InChI is InChI=1S/C18H19N5S/c1-4-5-6-9-23-17-15(16(19)20-11-21-17)22-18(23)24-14-8-7-12(2)13(3)10-14/h1,7-8,10-11H,5-6,9H2,2-3H3,(H2,19,20,21). The van der Waals surface area contributed by atoms with E-state index in [9.17, 15) is 0 Å². The number of hydrogen-bond donors (Lipinski definition) is 1. The highest BCUT2D eigenvalue weighted by atomic mass is 32.2. The van der Waals surface area contributed by atoms with Gasteiger partial charge in [0.2, 0.25) is 0 Å². The van der Waals surface area contributed by atoms with Crippen molar-refractivity contribution in [3.8, 4) is 12.3 Å². The summed E-state index contributed by atoms with van der Waals surface area (Å²) in [7, 11) is 0. The zero-order valence-corrected chi connectivity index (χ0v) is 14.6. The molecule has 0 saturated carbocycles. The van der Waals surface area contributed by atoms with Crippen LogP contribution < -0.4 is 5.73 Å². The van der Waals surface area contributed by atoms with Crippen molar-refractivity contribution in [2.75, 3.05) is 5.73 Å². The van der Waals surface area contributed by atoms with Gasteiger partial charge in [0.05, 0.1) is 0 Å². The van der Waals surface area contributed by atoms with E-state index in [1.807, 2.05) is 0 Å². The first-order valence-electron chi connectivity index (χ1n) is 7.75. The van der Waals surface area contributed by atoms with Crippen LogP contribution in [0.5, 0.6) is 0 Å². The smallest absolute Gasteiger partial charge is 0.175 e. The summed E-state index contributed by atoms with van der Waals surface area (Å²) in [5.41, 5.74) is 9.89. The number of aromatic nitrogens is 4. The topological polar surface area (TPSA) is 69.6 Å². The van der Waals surface area contributed by atoms with Gasteiger partial charge in [-0.1, -0.05) is 17.8 Å². The van der Waals surface area contributed by atoms with Crippen LogP contribution in [0.25, 0.3) is 11.2 Å². The number of unbranched alkanes of at least 4 members (excludes halogenated alkanes) is 1. The summed E-state index contributed by atoms with van der Waals surface area (Å²) in [6.07, 6.45) is 8.43. The van der Waals surface area contributed by atoms with Gasteiger partial charge in [-0.2, -0.15) is 0 Å². The van der Waals surface area contributed by atoms with E-state index in [1.165, 1.54) is 17.5 Å². The van der Waals surface area contributed by atoms with E-state index in [0.717, 1.165) is 28.7 Å². The second kappa shape index (κ2) is 6.93. The molecule has 3 rings (SSSR count). The molecule has 5 nitrogen and oxygen atoms in total. The molecule has 0 unspecified atom stereocenters. The summed E-state index contributed by atoms with van der Waals surface area (Å²) in [6, 6.07) is 6.39. The number of hydrogen-bond acceptors (Lipinski definition) is 5. The van der Waals surface area contributed by atoms with E-state index in [4.69, 9.17) is 12.2 Å². The van der Waals surface area contributed by atoms with Gasteiger partial charge in [0.25, 0.3) is 0 Å². The summed E-state index contributed by atoms with van der Waals surface area (Å²) in [5.74, 6) is 3.08. The number of rotatable bonds is 5. The van der Waals surface area contributed by atoms with Crippen molar-refractivity contribution in [1.82, 2.24) is 19.5 Å². The van der Waals surface area contributed by atoms with Crippen molar-refractivity contribution >= 4 is 28.7 Å². The van der Waals surface area contributed by atoms with Crippen molar-refractivity contribution in [3.63, 3.8) is 0 Å². The molecule has 0 atom stereocenters. The van der Waals surface area contributed by atoms with Crippen molar-refractivity contribution in [3.05, 3.63) is 35.7 Å². The van der Waals surface area contributed by atoms with Gasteiger partial charge in [0, 0.05) is 17.9 Å². The number of nitrogens with zero attached hydrogens (tertiary/aromatic N) is 4. The fourth-order valence-electron chi connectivity index (χ4n) is 2.44. The number of anilines is 1. The fourth-order valence-corrected chi connectivity index (χ4v) is 3.44. The average Bonchev–Trinajstić information content (AvgIpc) is 2.91. The van der Waals surface area contributed by atoms with Crippen LogP contribution in [-0.4, -0.2) is 19.5 Å². The van der Waals surface area contributed by atoms with Crippen LogP contribution in [-0.2, 0) is 6.54 Å². The third-order valence-electron chi connectivity index (χ3n) is 3.92. The van der Waals surface area contributed by atoms with Crippen LogP contribution >= 0.6 is 11.8 Å². The minimum Gasteiger partial charge on any atom is -0.382 e. The second-order valence-corrected chi connectivity index (χ2v) is 6.67. The van der Waals surface area contributed by atoms with Crippen LogP contribution in [0.15, 0.2) is 34.6 Å². The minimum absolute atomic E-state index is 0.401. The fraction of sp³-hybridized carbons (Fsp3) is 0.278. The molecule has 0 radical (unpaired) electrons. The quantitative estimate of drug-likeness (QED) is 0.569. The van der Waals surface area contributed by atoms with Gasteiger partial charge < -0.3 is 10.3 Å². The van der Waals surface area contributed by atoms with Gasteiger partial charge in [0.1, 0.15) is 6.33 Å². The highest BCUT2D eigenvalue weighted by Gasteiger charge is 2.15. The molecule has 3 aromatic rings. The Bertz CT molecular complexity index is 923. The van der Waals surface area contributed by atoms with Gasteiger partial charge in [-0.15, -0.1) is 12.3 Å². The molecule has 0 aliphatic carbocycles. The van der Waals surface area contributed by atoms with Crippen molar-refractivity contribution in [1.29, 1.82) is 0 Å². The first-order valence-corrected chi connectivity index (χ1v) is 8.57. The Morgan fingerprint density at radius 3 is 2.83 bits per heavy atom. The summed E-state index contributed by atoms with van der Waals surface area (Å²) in [5, 5.41) is 0.859. The Morgan fingerprint density at radius 1 is 1.25 bits per heavy atom. The molecule has 0 fully saturated rings. The molecule has 0 spiro atoms. The zero-order valence-electron chi connectivity index (χ0n) is 13.8. The normalized spacial score (nSPS) is 10.9. The molecular weight excluding hydrogens is 318 g/mol. The SMILES string of the molecule is C#CCCCn1c(Sc2ccc(C)c(C)c2)nc2c(N)ncnc21. The number of nitrogen functional groups attached to an aromatic ring is 1. The lowest BCUT2D eigenvalue weighted by Crippen LogP contribution is -2.01. The Hall–Kier alpha value is -2.52. The van der Waals surface area contributed by atoms with E-state index in [-0.39, 0.29) is 0 Å². The molecule has 122 valence electrons. The first kappa shape index (κ1) is 16.3. The maximum absolute atomic E-state index is 5.96. The maximum Gasteiger partial charge on any atom is 0.175 e. The van der Waals surface area contributed by atoms with Crippen LogP contribution in [0.3, 0.4) is 0 Å². The lowest BCUT2D eigenvalue weighted by atomic mass is 10.1. The van der Waals surface area contributed by atoms with Gasteiger partial charge in [-0.3, -0.25) is 0 Å². The molecule has 6 heteroatoms. The van der Waals surface area contributed by atoms with Gasteiger partial charge in [0.15, 0.2) is 22.1 Å². The van der Waals surface area contributed by atoms with Gasteiger partial charge in [-0.25, -0.2) is 15.0 Å². The number of imidazole rings is 1. The third kappa shape index (κ3) is 3.22. The Kier molecular flexibility index (Phi) is 4.72. The molecule has 0 aliphatic heterocycles. The molecule has 0 amide bonds. The highest BCUT2D eigenvalue weighted by molar-refractivity contribution is 7.99. The number of benzene rings is 1. The summed E-state index contributed by atoms with van der Waals surface area (Å²) in [4.78, 5) is 14.2. The predicted molar refractivity (Wildman–Crippen MR) is 97.8 cm³/mol. The Labute approximate surface area is 145 Å². The largest absolute Gasteiger partial charge is 0.382 e. The molecule has 2 aromatic heterocycles. The van der Waals surface area contributed by atoms with Crippen LogP contribution in [0.4, 0.5) is 5.82 Å². The average molecular weight is 337 g/mol. The molecule has 0 aliphatic rings. The molecule has 24 heavy (non-hydrogen) atoms. The van der Waals surface area contributed by atoms with Crippen LogP contribution in [0, 0.1) is 26.2 Å². The number of terminal acetylenes is 1. The summed E-state index contributed by atoms with van der Waals surface area (Å²) in [6.45, 7) is 4.97. The number of nitrogens with two attached hydrogens (primary N) is 1. The van der Waals surface area contributed by atoms with Crippen molar-refractivity contribution in [2.45, 2.75) is 43.3 Å². The highest BCUT2D eigenvalue weighted by Crippen LogP contribution is 2.32. The first-order chi connectivity index (χ1) is 11.6.